The molecule has 1 N–H and O–H groups in total. The molecule has 2 nitrogen and oxygen atoms in total. The minimum Gasteiger partial charge on any atom is -0.370 e. The number of anilines is 1. The van der Waals surface area contributed by atoms with Crippen molar-refractivity contribution < 1.29 is 0 Å². The maximum Gasteiger partial charge on any atom is 0.0471 e. The van der Waals surface area contributed by atoms with Gasteiger partial charge in [0.25, 0.3) is 0 Å². The van der Waals surface area contributed by atoms with Gasteiger partial charge in [-0.05, 0) is 19.2 Å². The summed E-state index contributed by atoms with van der Waals surface area (Å²) in [6, 6.07) is 6.18. The summed E-state index contributed by atoms with van der Waals surface area (Å²) in [5, 5.41) is 4.05. The van der Waals surface area contributed by atoms with Gasteiger partial charge in [0, 0.05) is 47.4 Å². The predicted molar refractivity (Wildman–Crippen MR) is 73.8 cm³/mol. The Labute approximate surface area is 106 Å². The van der Waals surface area contributed by atoms with E-state index in [9.17, 15) is 0 Å². The molecule has 0 saturated carbocycles. The van der Waals surface area contributed by atoms with Gasteiger partial charge in [-0.1, -0.05) is 17.7 Å². The fraction of sp³-hybridized carbons (Fsp3) is 0.500. The Kier molecular flexibility index (Phi) is 4.38. The van der Waals surface area contributed by atoms with Crippen molar-refractivity contribution in [3.8, 4) is 0 Å². The summed E-state index contributed by atoms with van der Waals surface area (Å²) >= 11 is 8.28. The highest BCUT2D eigenvalue weighted by atomic mass is 35.5. The van der Waals surface area contributed by atoms with E-state index in [0.717, 1.165) is 24.7 Å². The molecule has 0 bridgehead atoms. The summed E-state index contributed by atoms with van der Waals surface area (Å²) in [6.45, 7) is 3.09. The van der Waals surface area contributed by atoms with E-state index in [1.165, 1.54) is 22.8 Å². The van der Waals surface area contributed by atoms with Gasteiger partial charge in [0.05, 0.1) is 0 Å². The van der Waals surface area contributed by atoms with E-state index < -0.39 is 0 Å². The minimum atomic E-state index is 0.832. The Morgan fingerprint density at radius 2 is 2.12 bits per heavy atom. The van der Waals surface area contributed by atoms with Crippen LogP contribution in [0.2, 0.25) is 5.02 Å². The highest BCUT2D eigenvalue weighted by Gasteiger charge is 2.15. The molecule has 1 aromatic rings. The third kappa shape index (κ3) is 2.65. The number of halogens is 1. The van der Waals surface area contributed by atoms with Gasteiger partial charge in [-0.2, -0.15) is 11.8 Å². The standard InChI is InChI=1S/C12H17ClN2S/c1-14-9-10-11(13)3-2-4-12(10)15-5-7-16-8-6-15/h2-4,14H,5-9H2,1H3. The van der Waals surface area contributed by atoms with Crippen molar-refractivity contribution >= 4 is 29.1 Å². The van der Waals surface area contributed by atoms with Crippen molar-refractivity contribution in [2.45, 2.75) is 6.54 Å². The third-order valence-corrected chi connectivity index (χ3v) is 4.10. The Balaban J connectivity index is 2.27. The average Bonchev–Trinajstić information content (AvgIpc) is 2.33. The molecular weight excluding hydrogens is 240 g/mol. The van der Waals surface area contributed by atoms with Crippen LogP contribution in [0.25, 0.3) is 0 Å². The average molecular weight is 257 g/mol. The SMILES string of the molecule is CNCc1c(Cl)cccc1N1CCSCC1. The van der Waals surface area contributed by atoms with Crippen LogP contribution in [-0.4, -0.2) is 31.6 Å². The quantitative estimate of drug-likeness (QED) is 0.895. The molecule has 1 heterocycles. The molecule has 88 valence electrons. The number of nitrogens with zero attached hydrogens (tertiary/aromatic N) is 1. The van der Waals surface area contributed by atoms with Crippen molar-refractivity contribution in [3.63, 3.8) is 0 Å². The van der Waals surface area contributed by atoms with Crippen LogP contribution < -0.4 is 10.2 Å². The fourth-order valence-electron chi connectivity index (χ4n) is 2.00. The summed E-state index contributed by atoms with van der Waals surface area (Å²) in [5.41, 5.74) is 2.51. The lowest BCUT2D eigenvalue weighted by Crippen LogP contribution is -2.33. The van der Waals surface area contributed by atoms with Crippen molar-refractivity contribution in [1.82, 2.24) is 5.32 Å². The van der Waals surface area contributed by atoms with E-state index in [1.54, 1.807) is 0 Å². The molecule has 1 fully saturated rings. The van der Waals surface area contributed by atoms with Crippen molar-refractivity contribution in [2.24, 2.45) is 0 Å². The molecule has 0 aromatic heterocycles. The first-order chi connectivity index (χ1) is 7.83. The van der Waals surface area contributed by atoms with Crippen LogP contribution in [-0.2, 0) is 6.54 Å². The van der Waals surface area contributed by atoms with Gasteiger partial charge in [0.2, 0.25) is 0 Å². The summed E-state index contributed by atoms with van der Waals surface area (Å²) in [7, 11) is 1.96. The molecule has 0 spiro atoms. The number of nitrogens with one attached hydrogen (secondary N) is 1. The highest BCUT2D eigenvalue weighted by molar-refractivity contribution is 7.99. The topological polar surface area (TPSA) is 15.3 Å². The molecule has 1 aliphatic rings. The zero-order chi connectivity index (χ0) is 11.4. The molecule has 0 radical (unpaired) electrons. The number of hydrogen-bond donors (Lipinski definition) is 1. The van der Waals surface area contributed by atoms with E-state index in [-0.39, 0.29) is 0 Å². The number of hydrogen-bond acceptors (Lipinski definition) is 3. The monoisotopic (exact) mass is 256 g/mol. The first-order valence-electron chi connectivity index (χ1n) is 5.57. The predicted octanol–water partition coefficient (Wildman–Crippen LogP) is 2.61. The maximum absolute atomic E-state index is 6.26. The summed E-state index contributed by atoms with van der Waals surface area (Å²) in [5.74, 6) is 2.43. The summed E-state index contributed by atoms with van der Waals surface area (Å²) in [4.78, 5) is 2.44. The van der Waals surface area contributed by atoms with E-state index in [0.29, 0.717) is 0 Å². The molecule has 2 rings (SSSR count). The van der Waals surface area contributed by atoms with Crippen LogP contribution in [0.1, 0.15) is 5.56 Å². The van der Waals surface area contributed by atoms with Gasteiger partial charge in [0.15, 0.2) is 0 Å². The molecule has 1 aromatic carbocycles. The lowest BCUT2D eigenvalue weighted by molar-refractivity contribution is 0.794. The minimum absolute atomic E-state index is 0.832. The van der Waals surface area contributed by atoms with Crippen LogP contribution >= 0.6 is 23.4 Å². The molecule has 1 aliphatic heterocycles. The number of rotatable bonds is 3. The van der Waals surface area contributed by atoms with Crippen LogP contribution in [0, 0.1) is 0 Å². The highest BCUT2D eigenvalue weighted by Crippen LogP contribution is 2.29. The summed E-state index contributed by atoms with van der Waals surface area (Å²) < 4.78 is 0. The normalized spacial score (nSPS) is 16.5. The van der Waals surface area contributed by atoms with Crippen LogP contribution in [0.15, 0.2) is 18.2 Å². The molecule has 0 amide bonds. The number of benzene rings is 1. The zero-order valence-electron chi connectivity index (χ0n) is 9.50. The Bertz CT molecular complexity index is 351. The molecule has 0 unspecified atom stereocenters. The van der Waals surface area contributed by atoms with Gasteiger partial charge in [-0.25, -0.2) is 0 Å². The van der Waals surface area contributed by atoms with Crippen LogP contribution in [0.4, 0.5) is 5.69 Å². The lowest BCUT2D eigenvalue weighted by atomic mass is 10.1. The van der Waals surface area contributed by atoms with Crippen molar-refractivity contribution in [2.75, 3.05) is 36.5 Å². The van der Waals surface area contributed by atoms with Gasteiger partial charge in [-0.15, -0.1) is 0 Å². The second-order valence-electron chi connectivity index (χ2n) is 3.87. The Hall–Kier alpha value is -0.380. The van der Waals surface area contributed by atoms with E-state index in [1.807, 2.05) is 30.9 Å². The largest absolute Gasteiger partial charge is 0.370 e. The molecule has 16 heavy (non-hydrogen) atoms. The second kappa shape index (κ2) is 5.80. The third-order valence-electron chi connectivity index (χ3n) is 2.80. The lowest BCUT2D eigenvalue weighted by Gasteiger charge is -2.30. The van der Waals surface area contributed by atoms with Gasteiger partial charge in [0.1, 0.15) is 0 Å². The smallest absolute Gasteiger partial charge is 0.0471 e. The van der Waals surface area contributed by atoms with Crippen LogP contribution in [0.5, 0.6) is 0 Å². The van der Waals surface area contributed by atoms with Crippen LogP contribution in [0.3, 0.4) is 0 Å². The van der Waals surface area contributed by atoms with Gasteiger partial charge < -0.3 is 10.2 Å². The molecular formula is C12H17ClN2S. The maximum atomic E-state index is 6.26. The van der Waals surface area contributed by atoms with E-state index in [4.69, 9.17) is 11.6 Å². The summed E-state index contributed by atoms with van der Waals surface area (Å²) in [6.07, 6.45) is 0. The van der Waals surface area contributed by atoms with Gasteiger partial charge >= 0.3 is 0 Å². The Morgan fingerprint density at radius 1 is 1.38 bits per heavy atom. The Morgan fingerprint density at radius 3 is 2.81 bits per heavy atom. The van der Waals surface area contributed by atoms with Crippen molar-refractivity contribution in [3.05, 3.63) is 28.8 Å². The first kappa shape index (κ1) is 12.1. The fourth-order valence-corrected chi connectivity index (χ4v) is 3.14. The van der Waals surface area contributed by atoms with Gasteiger partial charge in [-0.3, -0.25) is 0 Å². The molecule has 0 aliphatic carbocycles. The number of thioether (sulfide) groups is 1. The first-order valence-corrected chi connectivity index (χ1v) is 7.11. The van der Waals surface area contributed by atoms with E-state index in [2.05, 4.69) is 16.3 Å². The molecule has 0 atom stereocenters. The van der Waals surface area contributed by atoms with E-state index >= 15 is 0 Å². The van der Waals surface area contributed by atoms with Crippen molar-refractivity contribution in [1.29, 1.82) is 0 Å². The zero-order valence-corrected chi connectivity index (χ0v) is 11.1. The molecule has 1 saturated heterocycles. The second-order valence-corrected chi connectivity index (χ2v) is 5.50. The molecule has 4 heteroatoms.